The standard InChI is InChI=1S/C25H15Cl3N2O3/c26-16-10-11-18(22(28)13-16)24(31)30-29-14-20-17-6-2-1-5-15(17)9-12-23(20)33-25(32)19-7-3-4-8-21(19)27/h1-14H,(H,30,31)/b29-14-. The molecule has 0 atom stereocenters. The van der Waals surface area contributed by atoms with Crippen LogP contribution in [0.3, 0.4) is 0 Å². The summed E-state index contributed by atoms with van der Waals surface area (Å²) < 4.78 is 5.63. The van der Waals surface area contributed by atoms with Crippen molar-refractivity contribution in [2.24, 2.45) is 5.10 Å². The van der Waals surface area contributed by atoms with Crippen LogP contribution < -0.4 is 10.2 Å². The zero-order valence-corrected chi connectivity index (χ0v) is 19.2. The normalized spacial score (nSPS) is 11.0. The molecule has 4 aromatic carbocycles. The number of hydrogen-bond acceptors (Lipinski definition) is 4. The van der Waals surface area contributed by atoms with Crippen molar-refractivity contribution in [2.75, 3.05) is 0 Å². The van der Waals surface area contributed by atoms with Gasteiger partial charge >= 0.3 is 5.97 Å². The Kier molecular flexibility index (Phi) is 6.94. The second-order valence-corrected chi connectivity index (χ2v) is 8.14. The molecule has 0 bridgehead atoms. The van der Waals surface area contributed by atoms with Crippen LogP contribution in [0.25, 0.3) is 10.8 Å². The third kappa shape index (κ3) is 5.17. The van der Waals surface area contributed by atoms with Crippen LogP contribution in [0, 0.1) is 0 Å². The summed E-state index contributed by atoms with van der Waals surface area (Å²) in [6, 6.07) is 22.2. The van der Waals surface area contributed by atoms with Gasteiger partial charge in [0.25, 0.3) is 5.91 Å². The maximum Gasteiger partial charge on any atom is 0.345 e. The van der Waals surface area contributed by atoms with Gasteiger partial charge in [-0.2, -0.15) is 5.10 Å². The van der Waals surface area contributed by atoms with Gasteiger partial charge in [-0.1, -0.05) is 77.3 Å². The summed E-state index contributed by atoms with van der Waals surface area (Å²) in [5.74, 6) is -0.855. The summed E-state index contributed by atoms with van der Waals surface area (Å²) in [6.45, 7) is 0. The Morgan fingerprint density at radius 2 is 1.58 bits per heavy atom. The van der Waals surface area contributed by atoms with Gasteiger partial charge in [-0.3, -0.25) is 4.79 Å². The Hall–Kier alpha value is -3.38. The molecule has 164 valence electrons. The lowest BCUT2D eigenvalue weighted by atomic mass is 10.0. The Morgan fingerprint density at radius 1 is 0.818 bits per heavy atom. The van der Waals surface area contributed by atoms with Gasteiger partial charge in [0.15, 0.2) is 0 Å². The minimum absolute atomic E-state index is 0.203. The number of carbonyl (C=O) groups excluding carboxylic acids is 2. The molecule has 1 N–H and O–H groups in total. The second kappa shape index (κ2) is 10.0. The quantitative estimate of drug-likeness (QED) is 0.143. The van der Waals surface area contributed by atoms with E-state index in [0.717, 1.165) is 10.8 Å². The van der Waals surface area contributed by atoms with E-state index in [4.69, 9.17) is 39.5 Å². The monoisotopic (exact) mass is 496 g/mol. The van der Waals surface area contributed by atoms with Gasteiger partial charge in [0, 0.05) is 10.6 Å². The van der Waals surface area contributed by atoms with Crippen LogP contribution in [0.4, 0.5) is 0 Å². The van der Waals surface area contributed by atoms with Crippen LogP contribution in [-0.2, 0) is 0 Å². The van der Waals surface area contributed by atoms with Crippen molar-refractivity contribution in [3.05, 3.63) is 111 Å². The molecule has 0 aliphatic heterocycles. The highest BCUT2D eigenvalue weighted by Crippen LogP contribution is 2.28. The summed E-state index contributed by atoms with van der Waals surface area (Å²) >= 11 is 18.1. The van der Waals surface area contributed by atoms with Crippen molar-refractivity contribution in [3.63, 3.8) is 0 Å². The zero-order chi connectivity index (χ0) is 23.4. The lowest BCUT2D eigenvalue weighted by molar-refractivity contribution is 0.0734. The summed E-state index contributed by atoms with van der Waals surface area (Å²) in [5.41, 5.74) is 3.41. The molecule has 5 nitrogen and oxygen atoms in total. The van der Waals surface area contributed by atoms with Crippen LogP contribution in [0.5, 0.6) is 5.75 Å². The number of hydrazone groups is 1. The Morgan fingerprint density at radius 3 is 2.36 bits per heavy atom. The van der Waals surface area contributed by atoms with Crippen LogP contribution in [0.1, 0.15) is 26.3 Å². The van der Waals surface area contributed by atoms with Gasteiger partial charge in [0.05, 0.1) is 27.4 Å². The SMILES string of the molecule is O=C(N/N=C\c1c(OC(=O)c2ccccc2Cl)ccc2ccccc12)c1ccc(Cl)cc1Cl. The third-order valence-electron chi connectivity index (χ3n) is 4.76. The largest absolute Gasteiger partial charge is 0.422 e. The zero-order valence-electron chi connectivity index (χ0n) is 16.9. The lowest BCUT2D eigenvalue weighted by Gasteiger charge is -2.11. The average Bonchev–Trinajstić information content (AvgIpc) is 2.80. The number of carbonyl (C=O) groups is 2. The number of fused-ring (bicyclic) bond motifs is 1. The summed E-state index contributed by atoms with van der Waals surface area (Å²) in [7, 11) is 0. The van der Waals surface area contributed by atoms with Crippen molar-refractivity contribution in [3.8, 4) is 5.75 Å². The fourth-order valence-corrected chi connectivity index (χ4v) is 3.88. The number of ether oxygens (including phenoxy) is 1. The predicted octanol–water partition coefficient (Wildman–Crippen LogP) is 6.78. The number of nitrogens with zero attached hydrogens (tertiary/aromatic N) is 1. The molecule has 1 amide bonds. The topological polar surface area (TPSA) is 67.8 Å². The van der Waals surface area contributed by atoms with Crippen LogP contribution in [-0.4, -0.2) is 18.1 Å². The number of amides is 1. The first kappa shape index (κ1) is 22.8. The van der Waals surface area contributed by atoms with Crippen molar-refractivity contribution < 1.29 is 14.3 Å². The second-order valence-electron chi connectivity index (χ2n) is 6.89. The molecule has 4 aromatic rings. The first-order chi connectivity index (χ1) is 15.9. The molecule has 33 heavy (non-hydrogen) atoms. The van der Waals surface area contributed by atoms with Crippen molar-refractivity contribution in [1.82, 2.24) is 5.43 Å². The third-order valence-corrected chi connectivity index (χ3v) is 5.64. The van der Waals surface area contributed by atoms with Crippen molar-refractivity contribution in [1.29, 1.82) is 0 Å². The van der Waals surface area contributed by atoms with E-state index in [1.165, 1.54) is 18.3 Å². The van der Waals surface area contributed by atoms with Crippen molar-refractivity contribution >= 4 is 63.7 Å². The number of nitrogens with one attached hydrogen (secondary N) is 1. The van der Waals surface area contributed by atoms with E-state index in [2.05, 4.69) is 10.5 Å². The van der Waals surface area contributed by atoms with E-state index < -0.39 is 11.9 Å². The highest BCUT2D eigenvalue weighted by atomic mass is 35.5. The van der Waals surface area contributed by atoms with Crippen molar-refractivity contribution in [2.45, 2.75) is 0 Å². The fraction of sp³-hybridized carbons (Fsp3) is 0. The highest BCUT2D eigenvalue weighted by Gasteiger charge is 2.16. The van der Waals surface area contributed by atoms with Gasteiger partial charge in [0.1, 0.15) is 5.75 Å². The highest BCUT2D eigenvalue weighted by molar-refractivity contribution is 6.36. The summed E-state index contributed by atoms with van der Waals surface area (Å²) in [5, 5.41) is 6.65. The molecule has 0 fully saturated rings. The maximum atomic E-state index is 12.7. The Labute approximate surface area is 204 Å². The molecule has 8 heteroatoms. The molecule has 0 spiro atoms. The van der Waals surface area contributed by atoms with Gasteiger partial charge in [0.2, 0.25) is 0 Å². The molecule has 0 saturated heterocycles. The van der Waals surface area contributed by atoms with Crippen LogP contribution in [0.15, 0.2) is 84.0 Å². The number of benzene rings is 4. The molecule has 0 unspecified atom stereocenters. The average molecular weight is 498 g/mol. The molecule has 0 aliphatic carbocycles. The van der Waals surface area contributed by atoms with E-state index in [1.807, 2.05) is 30.3 Å². The van der Waals surface area contributed by atoms with Gasteiger partial charge in [-0.25, -0.2) is 10.2 Å². The Balaban J connectivity index is 1.64. The molecule has 0 radical (unpaired) electrons. The van der Waals surface area contributed by atoms with E-state index in [9.17, 15) is 9.59 Å². The van der Waals surface area contributed by atoms with E-state index >= 15 is 0 Å². The first-order valence-corrected chi connectivity index (χ1v) is 10.8. The number of rotatable bonds is 5. The predicted molar refractivity (Wildman–Crippen MR) is 132 cm³/mol. The van der Waals surface area contributed by atoms with Gasteiger partial charge in [-0.15, -0.1) is 0 Å². The van der Waals surface area contributed by atoms with Gasteiger partial charge < -0.3 is 4.74 Å². The van der Waals surface area contributed by atoms with E-state index in [-0.39, 0.29) is 26.9 Å². The van der Waals surface area contributed by atoms with E-state index in [1.54, 1.807) is 36.4 Å². The number of halogens is 3. The first-order valence-electron chi connectivity index (χ1n) is 9.71. The lowest BCUT2D eigenvalue weighted by Crippen LogP contribution is -2.18. The smallest absolute Gasteiger partial charge is 0.345 e. The summed E-state index contributed by atoms with van der Waals surface area (Å²) in [4.78, 5) is 25.2. The molecule has 0 aromatic heterocycles. The number of esters is 1. The maximum absolute atomic E-state index is 12.7. The fourth-order valence-electron chi connectivity index (χ4n) is 3.17. The molecular formula is C25H15Cl3N2O3. The molecule has 0 aliphatic rings. The van der Waals surface area contributed by atoms with Crippen LogP contribution in [0.2, 0.25) is 15.1 Å². The Bertz CT molecular complexity index is 1400. The van der Waals surface area contributed by atoms with Crippen LogP contribution >= 0.6 is 34.8 Å². The minimum atomic E-state index is -0.609. The minimum Gasteiger partial charge on any atom is -0.422 e. The molecule has 4 rings (SSSR count). The van der Waals surface area contributed by atoms with E-state index in [0.29, 0.717) is 10.6 Å². The van der Waals surface area contributed by atoms with Gasteiger partial charge in [-0.05, 0) is 47.2 Å². The number of hydrogen-bond donors (Lipinski definition) is 1. The molecule has 0 saturated carbocycles. The summed E-state index contributed by atoms with van der Waals surface area (Å²) in [6.07, 6.45) is 1.42. The molecular weight excluding hydrogens is 483 g/mol. The molecule has 0 heterocycles.